The van der Waals surface area contributed by atoms with Gasteiger partial charge in [-0.25, -0.2) is 4.98 Å². The quantitative estimate of drug-likeness (QED) is 0.777. The predicted molar refractivity (Wildman–Crippen MR) is 60.2 cm³/mol. The van der Waals surface area contributed by atoms with Crippen LogP contribution in [0.1, 0.15) is 28.7 Å². The van der Waals surface area contributed by atoms with Crippen molar-refractivity contribution in [2.45, 2.75) is 25.8 Å². The Morgan fingerprint density at radius 1 is 1.60 bits per heavy atom. The zero-order valence-corrected chi connectivity index (χ0v) is 10.1. The highest BCUT2D eigenvalue weighted by Crippen LogP contribution is 2.23. The minimum Gasteiger partial charge on any atom is -0.307 e. The minimum atomic E-state index is 0.146. The van der Waals surface area contributed by atoms with E-state index in [2.05, 4.69) is 22.1 Å². The lowest BCUT2D eigenvalue weighted by Gasteiger charge is -2.11. The molecule has 0 bridgehead atoms. The summed E-state index contributed by atoms with van der Waals surface area (Å²) < 4.78 is 1.95. The van der Waals surface area contributed by atoms with Crippen LogP contribution in [-0.2, 0) is 5.88 Å². The van der Waals surface area contributed by atoms with Crippen LogP contribution in [0.25, 0.3) is 0 Å². The Hall–Kier alpha value is -0.940. The molecule has 1 atom stereocenters. The molecule has 6 heteroatoms. The molecule has 0 radical (unpaired) electrons. The molecule has 0 aliphatic rings. The first-order chi connectivity index (χ1) is 7.22. The number of aryl methyl sites for hydroxylation is 1. The zero-order chi connectivity index (χ0) is 10.8. The molecule has 0 fully saturated rings. The van der Waals surface area contributed by atoms with Crippen molar-refractivity contribution in [1.82, 2.24) is 19.7 Å². The molecule has 0 aliphatic carbocycles. The molecule has 4 nitrogen and oxygen atoms in total. The molecule has 0 saturated heterocycles. The molecule has 15 heavy (non-hydrogen) atoms. The molecule has 0 N–H and O–H groups in total. The molecule has 0 aromatic carbocycles. The largest absolute Gasteiger partial charge is 0.307 e. The van der Waals surface area contributed by atoms with Gasteiger partial charge in [0.1, 0.15) is 17.2 Å². The number of nitrogens with zero attached hydrogens (tertiary/aromatic N) is 4. The molecular weight excluding hydrogens is 232 g/mol. The summed E-state index contributed by atoms with van der Waals surface area (Å²) in [6.07, 6.45) is 3.57. The molecule has 0 amide bonds. The van der Waals surface area contributed by atoms with Crippen LogP contribution < -0.4 is 0 Å². The van der Waals surface area contributed by atoms with Crippen molar-refractivity contribution in [1.29, 1.82) is 0 Å². The summed E-state index contributed by atoms with van der Waals surface area (Å²) in [4.78, 5) is 5.55. The smallest absolute Gasteiger partial charge is 0.148 e. The first kappa shape index (κ1) is 10.6. The highest BCUT2D eigenvalue weighted by molar-refractivity contribution is 7.11. The molecule has 2 heterocycles. The third-order valence-electron chi connectivity index (χ3n) is 2.18. The van der Waals surface area contributed by atoms with E-state index in [1.165, 1.54) is 4.88 Å². The van der Waals surface area contributed by atoms with Gasteiger partial charge in [-0.1, -0.05) is 0 Å². The van der Waals surface area contributed by atoms with E-state index < -0.39 is 0 Å². The van der Waals surface area contributed by atoms with Crippen molar-refractivity contribution >= 4 is 22.9 Å². The van der Waals surface area contributed by atoms with Crippen LogP contribution in [0, 0.1) is 6.92 Å². The normalized spacial score (nSPS) is 13.0. The van der Waals surface area contributed by atoms with E-state index in [1.807, 2.05) is 17.7 Å². The maximum atomic E-state index is 5.77. The summed E-state index contributed by atoms with van der Waals surface area (Å²) in [5, 5.41) is 8.85. The minimum absolute atomic E-state index is 0.146. The van der Waals surface area contributed by atoms with E-state index in [1.54, 1.807) is 17.7 Å². The first-order valence-corrected chi connectivity index (χ1v) is 5.94. The fraction of sp³-hybridized carbons (Fsp3) is 0.444. The highest BCUT2D eigenvalue weighted by atomic mass is 35.5. The van der Waals surface area contributed by atoms with Gasteiger partial charge in [0.2, 0.25) is 0 Å². The van der Waals surface area contributed by atoms with Crippen molar-refractivity contribution in [2.24, 2.45) is 0 Å². The van der Waals surface area contributed by atoms with E-state index >= 15 is 0 Å². The van der Waals surface area contributed by atoms with Gasteiger partial charge in [0.15, 0.2) is 0 Å². The number of hydrogen-bond donors (Lipinski definition) is 0. The van der Waals surface area contributed by atoms with Gasteiger partial charge < -0.3 is 4.57 Å². The standard InChI is InChI=1S/C9H11ClN4S/c1-6-4-11-9(15-6)7(2)14-5-12-13-8(14)3-10/h4-5,7H,3H2,1-2H3. The summed E-state index contributed by atoms with van der Waals surface area (Å²) in [6.45, 7) is 4.11. The second kappa shape index (κ2) is 4.28. The second-order valence-electron chi connectivity index (χ2n) is 3.27. The molecule has 0 aliphatic heterocycles. The third-order valence-corrected chi connectivity index (χ3v) is 3.50. The van der Waals surface area contributed by atoms with Crippen molar-refractivity contribution < 1.29 is 0 Å². The van der Waals surface area contributed by atoms with Crippen LogP contribution >= 0.6 is 22.9 Å². The SMILES string of the molecule is Cc1cnc(C(C)n2cnnc2CCl)s1. The summed E-state index contributed by atoms with van der Waals surface area (Å²) in [5.41, 5.74) is 0. The van der Waals surface area contributed by atoms with E-state index in [9.17, 15) is 0 Å². The van der Waals surface area contributed by atoms with Crippen molar-refractivity contribution in [3.63, 3.8) is 0 Å². The molecular formula is C9H11ClN4S. The van der Waals surface area contributed by atoms with Gasteiger partial charge in [-0.15, -0.1) is 33.1 Å². The lowest BCUT2D eigenvalue weighted by atomic mass is 10.3. The van der Waals surface area contributed by atoms with Gasteiger partial charge >= 0.3 is 0 Å². The van der Waals surface area contributed by atoms with Crippen LogP contribution in [-0.4, -0.2) is 19.7 Å². The fourth-order valence-electron chi connectivity index (χ4n) is 1.37. The van der Waals surface area contributed by atoms with Gasteiger partial charge in [0.25, 0.3) is 0 Å². The monoisotopic (exact) mass is 242 g/mol. The number of hydrogen-bond acceptors (Lipinski definition) is 4. The Labute approximate surface area is 96.9 Å². The van der Waals surface area contributed by atoms with Crippen LogP contribution in [0.5, 0.6) is 0 Å². The lowest BCUT2D eigenvalue weighted by Crippen LogP contribution is -2.08. The number of aromatic nitrogens is 4. The molecule has 2 aromatic rings. The summed E-state index contributed by atoms with van der Waals surface area (Å²) in [5.74, 6) is 1.14. The number of halogens is 1. The predicted octanol–water partition coefficient (Wildman–Crippen LogP) is 2.39. The molecule has 80 valence electrons. The zero-order valence-electron chi connectivity index (χ0n) is 8.51. The van der Waals surface area contributed by atoms with Gasteiger partial charge in [-0.2, -0.15) is 0 Å². The maximum Gasteiger partial charge on any atom is 0.148 e. The second-order valence-corrected chi connectivity index (χ2v) is 4.81. The molecule has 0 saturated carbocycles. The van der Waals surface area contributed by atoms with Gasteiger partial charge in [-0.3, -0.25) is 0 Å². The lowest BCUT2D eigenvalue weighted by molar-refractivity contribution is 0.611. The van der Waals surface area contributed by atoms with Gasteiger partial charge in [0, 0.05) is 11.1 Å². The topological polar surface area (TPSA) is 43.6 Å². The number of alkyl halides is 1. The molecule has 2 rings (SSSR count). The Kier molecular flexibility index (Phi) is 3.02. The van der Waals surface area contributed by atoms with Crippen molar-refractivity contribution in [2.75, 3.05) is 0 Å². The van der Waals surface area contributed by atoms with E-state index in [0.29, 0.717) is 5.88 Å². The van der Waals surface area contributed by atoms with Crippen LogP contribution in [0.15, 0.2) is 12.5 Å². The summed E-state index contributed by atoms with van der Waals surface area (Å²) in [7, 11) is 0. The number of thiazole rings is 1. The fourth-order valence-corrected chi connectivity index (χ4v) is 2.39. The third kappa shape index (κ3) is 2.03. The van der Waals surface area contributed by atoms with Gasteiger partial charge in [0.05, 0.1) is 11.9 Å². The van der Waals surface area contributed by atoms with Crippen molar-refractivity contribution in [3.05, 3.63) is 28.2 Å². The average Bonchev–Trinajstić information content (AvgIpc) is 2.84. The number of rotatable bonds is 3. The van der Waals surface area contributed by atoms with Crippen molar-refractivity contribution in [3.8, 4) is 0 Å². The Morgan fingerprint density at radius 3 is 3.00 bits per heavy atom. The van der Waals surface area contributed by atoms with E-state index in [0.717, 1.165) is 10.8 Å². The Morgan fingerprint density at radius 2 is 2.40 bits per heavy atom. The summed E-state index contributed by atoms with van der Waals surface area (Å²) >= 11 is 7.45. The van der Waals surface area contributed by atoms with Crippen LogP contribution in [0.2, 0.25) is 0 Å². The molecule has 2 aromatic heterocycles. The average molecular weight is 243 g/mol. The van der Waals surface area contributed by atoms with Crippen LogP contribution in [0.3, 0.4) is 0 Å². The Balaban J connectivity index is 2.31. The molecule has 0 spiro atoms. The highest BCUT2D eigenvalue weighted by Gasteiger charge is 2.14. The Bertz CT molecular complexity index is 450. The molecule has 1 unspecified atom stereocenters. The van der Waals surface area contributed by atoms with Gasteiger partial charge in [-0.05, 0) is 13.8 Å². The van der Waals surface area contributed by atoms with Crippen LogP contribution in [0.4, 0.5) is 0 Å². The van der Waals surface area contributed by atoms with E-state index in [-0.39, 0.29) is 6.04 Å². The first-order valence-electron chi connectivity index (χ1n) is 4.59. The van der Waals surface area contributed by atoms with E-state index in [4.69, 9.17) is 11.6 Å². The summed E-state index contributed by atoms with van der Waals surface area (Å²) in [6, 6.07) is 0.146. The maximum absolute atomic E-state index is 5.77.